The number of aromatic hydroxyl groups is 1. The number of phenolic OH excluding ortho intramolecular Hbond substituents is 1. The van der Waals surface area contributed by atoms with Gasteiger partial charge >= 0.3 is 0 Å². The second kappa shape index (κ2) is 8.21. The SMILES string of the molecule is O=C(Cc1ccc2c(c1)OCCO2)N/N=C/c1cc(I)c(O)c(I)c1. The topological polar surface area (TPSA) is 80.2 Å². The highest BCUT2D eigenvalue weighted by atomic mass is 127. The summed E-state index contributed by atoms with van der Waals surface area (Å²) in [6, 6.07) is 9.02. The number of nitrogens with one attached hydrogen (secondary N) is 1. The van der Waals surface area contributed by atoms with Crippen LogP contribution < -0.4 is 14.9 Å². The second-order valence-corrected chi connectivity index (χ2v) is 7.61. The van der Waals surface area contributed by atoms with Crippen LogP contribution in [0.4, 0.5) is 0 Å². The van der Waals surface area contributed by atoms with E-state index < -0.39 is 0 Å². The summed E-state index contributed by atoms with van der Waals surface area (Å²) in [5.41, 5.74) is 4.13. The number of amides is 1. The number of hydrazone groups is 1. The molecule has 8 heteroatoms. The Morgan fingerprint density at radius 2 is 1.84 bits per heavy atom. The Morgan fingerprint density at radius 1 is 1.16 bits per heavy atom. The molecular formula is C17H14I2N2O4. The lowest BCUT2D eigenvalue weighted by Crippen LogP contribution is -2.20. The molecule has 25 heavy (non-hydrogen) atoms. The molecule has 1 aliphatic rings. The van der Waals surface area contributed by atoms with Gasteiger partial charge in [-0.05, 0) is 80.6 Å². The smallest absolute Gasteiger partial charge is 0.244 e. The standard InChI is InChI=1S/C17H14I2N2O4/c18-12-5-11(6-13(19)17(12)23)9-20-21-16(22)8-10-1-2-14-15(7-10)25-4-3-24-14/h1-2,5-7,9,23H,3-4,8H2,(H,21,22)/b20-9+. The first kappa shape index (κ1) is 18.2. The van der Waals surface area contributed by atoms with Crippen molar-refractivity contribution in [2.45, 2.75) is 6.42 Å². The van der Waals surface area contributed by atoms with Gasteiger partial charge in [0.15, 0.2) is 11.5 Å². The number of hydrogen-bond donors (Lipinski definition) is 2. The van der Waals surface area contributed by atoms with Crippen LogP contribution in [-0.2, 0) is 11.2 Å². The lowest BCUT2D eigenvalue weighted by molar-refractivity contribution is -0.120. The van der Waals surface area contributed by atoms with Crippen molar-refractivity contribution >= 4 is 57.3 Å². The molecular weight excluding hydrogens is 550 g/mol. The van der Waals surface area contributed by atoms with Crippen LogP contribution in [0.25, 0.3) is 0 Å². The minimum absolute atomic E-state index is 0.193. The molecule has 0 saturated carbocycles. The molecule has 3 rings (SSSR count). The number of phenols is 1. The largest absolute Gasteiger partial charge is 0.506 e. The van der Waals surface area contributed by atoms with E-state index in [4.69, 9.17) is 9.47 Å². The maximum atomic E-state index is 12.0. The highest BCUT2D eigenvalue weighted by molar-refractivity contribution is 14.1. The van der Waals surface area contributed by atoms with Crippen molar-refractivity contribution < 1.29 is 19.4 Å². The van der Waals surface area contributed by atoms with Crippen LogP contribution in [0.2, 0.25) is 0 Å². The van der Waals surface area contributed by atoms with Gasteiger partial charge in [-0.3, -0.25) is 4.79 Å². The molecule has 1 amide bonds. The molecule has 6 nitrogen and oxygen atoms in total. The summed E-state index contributed by atoms with van der Waals surface area (Å²) in [5, 5.41) is 13.7. The Balaban J connectivity index is 1.59. The first-order valence-electron chi connectivity index (χ1n) is 7.41. The molecule has 0 bridgehead atoms. The minimum Gasteiger partial charge on any atom is -0.506 e. The second-order valence-electron chi connectivity index (χ2n) is 5.28. The van der Waals surface area contributed by atoms with Gasteiger partial charge in [-0.1, -0.05) is 6.07 Å². The fraction of sp³-hybridized carbons (Fsp3) is 0.176. The fourth-order valence-electron chi connectivity index (χ4n) is 2.26. The molecule has 0 atom stereocenters. The van der Waals surface area contributed by atoms with Gasteiger partial charge in [0, 0.05) is 0 Å². The highest BCUT2D eigenvalue weighted by Gasteiger charge is 2.13. The van der Waals surface area contributed by atoms with Crippen LogP contribution >= 0.6 is 45.2 Å². The molecule has 0 radical (unpaired) electrons. The molecule has 0 fully saturated rings. The summed E-state index contributed by atoms with van der Waals surface area (Å²) in [5.74, 6) is 1.38. The van der Waals surface area contributed by atoms with Gasteiger partial charge in [-0.15, -0.1) is 0 Å². The summed E-state index contributed by atoms with van der Waals surface area (Å²) in [6.07, 6.45) is 1.74. The van der Waals surface area contributed by atoms with Crippen molar-refractivity contribution in [1.29, 1.82) is 0 Å². The Bertz CT molecular complexity index is 816. The zero-order valence-electron chi connectivity index (χ0n) is 13.0. The highest BCUT2D eigenvalue weighted by Crippen LogP contribution is 2.30. The van der Waals surface area contributed by atoms with E-state index >= 15 is 0 Å². The maximum Gasteiger partial charge on any atom is 0.244 e. The summed E-state index contributed by atoms with van der Waals surface area (Å²) in [4.78, 5) is 12.0. The number of carbonyl (C=O) groups is 1. The molecule has 2 N–H and O–H groups in total. The molecule has 0 aromatic heterocycles. The fourth-order valence-corrected chi connectivity index (χ4v) is 4.08. The van der Waals surface area contributed by atoms with Gasteiger partial charge in [-0.25, -0.2) is 5.43 Å². The molecule has 1 aliphatic heterocycles. The lowest BCUT2D eigenvalue weighted by Gasteiger charge is -2.18. The van der Waals surface area contributed by atoms with Crippen LogP contribution in [0.15, 0.2) is 35.4 Å². The van der Waals surface area contributed by atoms with E-state index in [1.807, 2.05) is 57.3 Å². The molecule has 2 aromatic rings. The van der Waals surface area contributed by atoms with Gasteiger partial charge in [0.2, 0.25) is 5.91 Å². The third-order valence-electron chi connectivity index (χ3n) is 3.41. The summed E-state index contributed by atoms with van der Waals surface area (Å²) < 4.78 is 12.4. The monoisotopic (exact) mass is 564 g/mol. The maximum absolute atomic E-state index is 12.0. The Labute approximate surface area is 171 Å². The number of ether oxygens (including phenoxy) is 2. The zero-order valence-corrected chi connectivity index (χ0v) is 17.3. The summed E-state index contributed by atoms with van der Waals surface area (Å²) in [6.45, 7) is 1.05. The summed E-state index contributed by atoms with van der Waals surface area (Å²) in [7, 11) is 0. The first-order chi connectivity index (χ1) is 12.0. The Kier molecular flexibility index (Phi) is 5.99. The number of benzene rings is 2. The van der Waals surface area contributed by atoms with Crippen molar-refractivity contribution in [3.05, 3.63) is 48.6 Å². The number of rotatable bonds is 4. The predicted molar refractivity (Wildman–Crippen MR) is 110 cm³/mol. The average molecular weight is 564 g/mol. The number of fused-ring (bicyclic) bond motifs is 1. The number of halogens is 2. The number of nitrogens with zero attached hydrogens (tertiary/aromatic N) is 1. The molecule has 0 saturated heterocycles. The Hall–Kier alpha value is -1.56. The van der Waals surface area contributed by atoms with Gasteiger partial charge in [-0.2, -0.15) is 5.10 Å². The van der Waals surface area contributed by atoms with Gasteiger partial charge in [0.25, 0.3) is 0 Å². The lowest BCUT2D eigenvalue weighted by atomic mass is 10.1. The molecule has 1 heterocycles. The van der Waals surface area contributed by atoms with Gasteiger partial charge in [0.1, 0.15) is 19.0 Å². The predicted octanol–water partition coefficient (Wildman–Crippen LogP) is 3.07. The van der Waals surface area contributed by atoms with Crippen LogP contribution in [0.5, 0.6) is 17.2 Å². The van der Waals surface area contributed by atoms with Gasteiger partial charge < -0.3 is 14.6 Å². The van der Waals surface area contributed by atoms with Crippen molar-refractivity contribution in [2.75, 3.05) is 13.2 Å². The van der Waals surface area contributed by atoms with Crippen molar-refractivity contribution in [1.82, 2.24) is 5.43 Å². The van der Waals surface area contributed by atoms with Gasteiger partial charge in [0.05, 0.1) is 19.8 Å². The van der Waals surface area contributed by atoms with E-state index in [0.717, 1.165) is 18.3 Å². The molecule has 0 unspecified atom stereocenters. The third-order valence-corrected chi connectivity index (χ3v) is 5.06. The average Bonchev–Trinajstić information content (AvgIpc) is 2.59. The molecule has 0 spiro atoms. The Morgan fingerprint density at radius 3 is 2.56 bits per heavy atom. The zero-order chi connectivity index (χ0) is 17.8. The van der Waals surface area contributed by atoms with Crippen LogP contribution in [-0.4, -0.2) is 30.4 Å². The number of carbonyl (C=O) groups excluding carboxylic acids is 1. The van der Waals surface area contributed by atoms with E-state index in [1.54, 1.807) is 24.4 Å². The first-order valence-corrected chi connectivity index (χ1v) is 9.57. The normalized spacial score (nSPS) is 13.0. The third kappa shape index (κ3) is 4.75. The van der Waals surface area contributed by atoms with Crippen LogP contribution in [0, 0.1) is 7.14 Å². The van der Waals surface area contributed by atoms with Crippen molar-refractivity contribution in [3.63, 3.8) is 0 Å². The van der Waals surface area contributed by atoms with Crippen molar-refractivity contribution in [2.24, 2.45) is 5.10 Å². The van der Waals surface area contributed by atoms with E-state index in [1.165, 1.54) is 0 Å². The van der Waals surface area contributed by atoms with E-state index in [9.17, 15) is 9.90 Å². The van der Waals surface area contributed by atoms with E-state index in [-0.39, 0.29) is 18.1 Å². The number of hydrogen-bond acceptors (Lipinski definition) is 5. The van der Waals surface area contributed by atoms with Crippen LogP contribution in [0.3, 0.4) is 0 Å². The van der Waals surface area contributed by atoms with E-state index in [2.05, 4.69) is 10.5 Å². The molecule has 0 aliphatic carbocycles. The summed E-state index contributed by atoms with van der Waals surface area (Å²) >= 11 is 4.09. The molecule has 130 valence electrons. The molecule has 2 aromatic carbocycles. The van der Waals surface area contributed by atoms with Crippen molar-refractivity contribution in [3.8, 4) is 17.2 Å². The quantitative estimate of drug-likeness (QED) is 0.340. The minimum atomic E-state index is -0.226. The van der Waals surface area contributed by atoms with Crippen LogP contribution in [0.1, 0.15) is 11.1 Å². The van der Waals surface area contributed by atoms with E-state index in [0.29, 0.717) is 24.7 Å².